The molecule has 1 aliphatic heterocycles. The molecule has 2 N–H and O–H groups in total. The number of pyridine rings is 1. The topological polar surface area (TPSA) is 87.5 Å². The van der Waals surface area contributed by atoms with Gasteiger partial charge in [0.1, 0.15) is 23.2 Å². The maximum absolute atomic E-state index is 12.6. The van der Waals surface area contributed by atoms with Crippen LogP contribution < -0.4 is 10.6 Å². The number of rotatable bonds is 4. The van der Waals surface area contributed by atoms with Gasteiger partial charge in [-0.2, -0.15) is 0 Å². The summed E-state index contributed by atoms with van der Waals surface area (Å²) in [5, 5.41) is 7.01. The van der Waals surface area contributed by atoms with Crippen LogP contribution in [0.15, 0.2) is 47.0 Å². The largest absolute Gasteiger partial charge is 0.459 e. The van der Waals surface area contributed by atoms with Gasteiger partial charge in [-0.05, 0) is 37.6 Å². The van der Waals surface area contributed by atoms with Gasteiger partial charge in [-0.3, -0.25) is 9.59 Å². The fourth-order valence-electron chi connectivity index (χ4n) is 3.45. The van der Waals surface area contributed by atoms with E-state index < -0.39 is 0 Å². The SMILES string of the molecule is Cc1c(CN(C)C(=O)/C=C/c2cnc3c(c2)CNC(=O)[C@H](C)N3)oc2ccccc12. The molecule has 4 rings (SSSR count). The van der Waals surface area contributed by atoms with Crippen molar-refractivity contribution >= 4 is 34.7 Å². The number of nitrogens with one attached hydrogen (secondary N) is 2. The van der Waals surface area contributed by atoms with Gasteiger partial charge in [-0.15, -0.1) is 0 Å². The van der Waals surface area contributed by atoms with Crippen LogP contribution in [0.25, 0.3) is 17.0 Å². The molecule has 2 amide bonds. The van der Waals surface area contributed by atoms with Crippen molar-refractivity contribution in [3.05, 3.63) is 65.1 Å². The Morgan fingerprint density at radius 1 is 1.37 bits per heavy atom. The molecule has 2 aromatic heterocycles. The fraction of sp³-hybridized carbons (Fsp3) is 0.261. The van der Waals surface area contributed by atoms with Crippen LogP contribution in [0, 0.1) is 6.92 Å². The van der Waals surface area contributed by atoms with Crippen LogP contribution in [-0.2, 0) is 22.7 Å². The summed E-state index contributed by atoms with van der Waals surface area (Å²) in [7, 11) is 1.75. The molecule has 0 bridgehead atoms. The van der Waals surface area contributed by atoms with E-state index in [4.69, 9.17) is 4.42 Å². The first-order chi connectivity index (χ1) is 14.4. The number of aryl methyl sites for hydroxylation is 1. The van der Waals surface area contributed by atoms with Gasteiger partial charge >= 0.3 is 0 Å². The Hall–Kier alpha value is -3.61. The first-order valence-corrected chi connectivity index (χ1v) is 9.85. The number of anilines is 1. The number of para-hydroxylation sites is 1. The number of fused-ring (bicyclic) bond motifs is 2. The molecule has 0 saturated heterocycles. The highest BCUT2D eigenvalue weighted by Crippen LogP contribution is 2.25. The van der Waals surface area contributed by atoms with E-state index in [0.29, 0.717) is 18.9 Å². The van der Waals surface area contributed by atoms with E-state index in [1.165, 1.54) is 6.08 Å². The van der Waals surface area contributed by atoms with Crippen molar-refractivity contribution in [2.24, 2.45) is 0 Å². The van der Waals surface area contributed by atoms with Gasteiger partial charge in [0.15, 0.2) is 0 Å². The molecule has 0 unspecified atom stereocenters. The average Bonchev–Trinajstić information content (AvgIpc) is 2.98. The first-order valence-electron chi connectivity index (χ1n) is 9.85. The molecule has 154 valence electrons. The molecule has 1 aliphatic rings. The van der Waals surface area contributed by atoms with E-state index in [1.54, 1.807) is 31.1 Å². The van der Waals surface area contributed by atoms with E-state index >= 15 is 0 Å². The third kappa shape index (κ3) is 3.91. The highest BCUT2D eigenvalue weighted by Gasteiger charge is 2.19. The predicted octanol–water partition coefficient (Wildman–Crippen LogP) is 3.24. The summed E-state index contributed by atoms with van der Waals surface area (Å²) < 4.78 is 5.90. The molecule has 7 heteroatoms. The summed E-state index contributed by atoms with van der Waals surface area (Å²) >= 11 is 0. The lowest BCUT2D eigenvalue weighted by atomic mass is 10.1. The summed E-state index contributed by atoms with van der Waals surface area (Å²) in [6, 6.07) is 9.43. The second-order valence-corrected chi connectivity index (χ2v) is 7.53. The quantitative estimate of drug-likeness (QED) is 0.652. The number of furan rings is 1. The molecule has 0 fully saturated rings. The zero-order valence-corrected chi connectivity index (χ0v) is 17.2. The number of nitrogens with zero attached hydrogens (tertiary/aromatic N) is 2. The smallest absolute Gasteiger partial charge is 0.246 e. The zero-order valence-electron chi connectivity index (χ0n) is 17.2. The standard InChI is InChI=1S/C23H24N4O3/c1-14-18-6-4-5-7-19(18)30-20(14)13-27(3)21(28)9-8-16-10-17-12-25-23(29)15(2)26-22(17)24-11-16/h4-11,15H,12-13H2,1-3H3,(H,24,26)(H,25,29)/b9-8+/t15-/m0/s1. The van der Waals surface area contributed by atoms with Crippen LogP contribution in [0.5, 0.6) is 0 Å². The summed E-state index contributed by atoms with van der Waals surface area (Å²) in [6.45, 7) is 4.59. The third-order valence-electron chi connectivity index (χ3n) is 5.31. The van der Waals surface area contributed by atoms with Gasteiger partial charge in [0, 0.05) is 42.4 Å². The Labute approximate surface area is 174 Å². The molecule has 1 aromatic carbocycles. The number of likely N-dealkylation sites (N-methyl/N-ethyl adjacent to an activating group) is 1. The molecule has 3 aromatic rings. The number of benzene rings is 1. The minimum absolute atomic E-state index is 0.0669. The number of aromatic nitrogens is 1. The lowest BCUT2D eigenvalue weighted by molar-refractivity contribution is -0.125. The number of amides is 2. The van der Waals surface area contributed by atoms with Crippen molar-refractivity contribution in [1.29, 1.82) is 0 Å². The number of carbonyl (C=O) groups is 2. The van der Waals surface area contributed by atoms with Crippen molar-refractivity contribution in [1.82, 2.24) is 15.2 Å². The van der Waals surface area contributed by atoms with Crippen LogP contribution >= 0.6 is 0 Å². The normalized spacial score (nSPS) is 16.1. The molecule has 0 spiro atoms. The molecule has 30 heavy (non-hydrogen) atoms. The van der Waals surface area contributed by atoms with Gasteiger partial charge in [0.05, 0.1) is 6.54 Å². The van der Waals surface area contributed by atoms with Crippen LogP contribution in [0.1, 0.15) is 29.4 Å². The fourth-order valence-corrected chi connectivity index (χ4v) is 3.45. The molecule has 0 radical (unpaired) electrons. The van der Waals surface area contributed by atoms with E-state index in [9.17, 15) is 9.59 Å². The van der Waals surface area contributed by atoms with E-state index in [1.807, 2.05) is 37.3 Å². The Bertz CT molecular complexity index is 1150. The Balaban J connectivity index is 1.45. The van der Waals surface area contributed by atoms with Crippen molar-refractivity contribution in [3.8, 4) is 0 Å². The van der Waals surface area contributed by atoms with Gasteiger partial charge < -0.3 is 20.0 Å². The van der Waals surface area contributed by atoms with Gasteiger partial charge in [-0.1, -0.05) is 18.2 Å². The number of hydrogen-bond acceptors (Lipinski definition) is 5. The summed E-state index contributed by atoms with van der Waals surface area (Å²) in [5.74, 6) is 1.26. The lowest BCUT2D eigenvalue weighted by Crippen LogP contribution is -2.34. The van der Waals surface area contributed by atoms with Crippen LogP contribution in [0.2, 0.25) is 0 Å². The monoisotopic (exact) mass is 404 g/mol. The second kappa shape index (κ2) is 8.02. The van der Waals surface area contributed by atoms with Crippen LogP contribution in [0.4, 0.5) is 5.82 Å². The summed E-state index contributed by atoms with van der Waals surface area (Å²) in [4.78, 5) is 30.4. The second-order valence-electron chi connectivity index (χ2n) is 7.53. The van der Waals surface area contributed by atoms with Crippen molar-refractivity contribution < 1.29 is 14.0 Å². The molecular weight excluding hydrogens is 380 g/mol. The Kier molecular flexibility index (Phi) is 5.27. The summed E-state index contributed by atoms with van der Waals surface area (Å²) in [6.07, 6.45) is 4.93. The average molecular weight is 404 g/mol. The van der Waals surface area contributed by atoms with Gasteiger partial charge in [0.2, 0.25) is 11.8 Å². The van der Waals surface area contributed by atoms with Crippen molar-refractivity contribution in [2.45, 2.75) is 33.0 Å². The molecule has 3 heterocycles. The molecule has 7 nitrogen and oxygen atoms in total. The van der Waals surface area contributed by atoms with Crippen molar-refractivity contribution in [2.75, 3.05) is 12.4 Å². The Morgan fingerprint density at radius 2 is 2.17 bits per heavy atom. The molecular formula is C23H24N4O3. The van der Waals surface area contributed by atoms with E-state index in [2.05, 4.69) is 15.6 Å². The van der Waals surface area contributed by atoms with Crippen molar-refractivity contribution in [3.63, 3.8) is 0 Å². The highest BCUT2D eigenvalue weighted by atomic mass is 16.3. The predicted molar refractivity (Wildman–Crippen MR) is 116 cm³/mol. The minimum Gasteiger partial charge on any atom is -0.459 e. The summed E-state index contributed by atoms with van der Waals surface area (Å²) in [5.41, 5.74) is 3.55. The van der Waals surface area contributed by atoms with E-state index in [-0.39, 0.29) is 17.9 Å². The number of hydrogen-bond donors (Lipinski definition) is 2. The first kappa shape index (κ1) is 19.7. The maximum atomic E-state index is 12.6. The van der Waals surface area contributed by atoms with Gasteiger partial charge in [0.25, 0.3) is 0 Å². The molecule has 1 atom stereocenters. The third-order valence-corrected chi connectivity index (χ3v) is 5.31. The van der Waals surface area contributed by atoms with Crippen LogP contribution in [0.3, 0.4) is 0 Å². The lowest BCUT2D eigenvalue weighted by Gasteiger charge is -2.14. The minimum atomic E-state index is -0.336. The Morgan fingerprint density at radius 3 is 2.97 bits per heavy atom. The van der Waals surface area contributed by atoms with Crippen LogP contribution in [-0.4, -0.2) is 34.8 Å². The maximum Gasteiger partial charge on any atom is 0.246 e. The zero-order chi connectivity index (χ0) is 21.3. The van der Waals surface area contributed by atoms with E-state index in [0.717, 1.165) is 33.4 Å². The molecule has 0 saturated carbocycles. The number of carbonyl (C=O) groups excluding carboxylic acids is 2. The van der Waals surface area contributed by atoms with Gasteiger partial charge in [-0.25, -0.2) is 4.98 Å². The highest BCUT2D eigenvalue weighted by molar-refractivity contribution is 5.92. The molecule has 0 aliphatic carbocycles.